The fourth-order valence-corrected chi connectivity index (χ4v) is 0.710. The number of amides is 1. The third-order valence-corrected chi connectivity index (χ3v) is 1.81. The minimum Gasteiger partial charge on any atom is -0.366 e. The Hall–Kier alpha value is -1.31. The second kappa shape index (κ2) is 5.36. The van der Waals surface area contributed by atoms with Crippen LogP contribution in [0, 0.1) is 5.92 Å². The van der Waals surface area contributed by atoms with Crippen molar-refractivity contribution in [3.63, 3.8) is 0 Å². The van der Waals surface area contributed by atoms with E-state index in [9.17, 15) is 4.79 Å². The van der Waals surface area contributed by atoms with Crippen LogP contribution in [0.5, 0.6) is 0 Å². The van der Waals surface area contributed by atoms with E-state index in [0.29, 0.717) is 11.5 Å². The molecule has 13 heavy (non-hydrogen) atoms. The Morgan fingerprint density at radius 1 is 1.38 bits per heavy atom. The number of allylic oxidation sites excluding steroid dienone is 3. The molecule has 0 aliphatic rings. The van der Waals surface area contributed by atoms with Gasteiger partial charge in [0, 0.05) is 5.57 Å². The predicted octanol–water partition coefficient (Wildman–Crippen LogP) is 2.19. The largest absolute Gasteiger partial charge is 0.366 e. The normalized spacial score (nSPS) is 12.5. The van der Waals surface area contributed by atoms with Crippen LogP contribution in [0.2, 0.25) is 0 Å². The number of nitrogens with two attached hydrogens (primary N) is 1. The second-order valence-electron chi connectivity index (χ2n) is 3.17. The number of hydrogen-bond donors (Lipinski definition) is 1. The van der Waals surface area contributed by atoms with Crippen molar-refractivity contribution in [2.75, 3.05) is 0 Å². The molecule has 0 heterocycles. The maximum atomic E-state index is 10.8. The van der Waals surface area contributed by atoms with Gasteiger partial charge in [0.15, 0.2) is 0 Å². The summed E-state index contributed by atoms with van der Waals surface area (Å²) in [5.74, 6) is -0.0162. The molecule has 0 saturated carbocycles. The molecule has 0 aromatic rings. The van der Waals surface area contributed by atoms with E-state index in [1.165, 1.54) is 0 Å². The fourth-order valence-electron chi connectivity index (χ4n) is 0.710. The summed E-state index contributed by atoms with van der Waals surface area (Å²) in [7, 11) is 0. The number of rotatable bonds is 4. The molecule has 2 nitrogen and oxygen atoms in total. The summed E-state index contributed by atoms with van der Waals surface area (Å²) >= 11 is 0. The highest BCUT2D eigenvalue weighted by Crippen LogP contribution is 2.09. The molecule has 0 rings (SSSR count). The van der Waals surface area contributed by atoms with Gasteiger partial charge in [-0.2, -0.15) is 0 Å². The van der Waals surface area contributed by atoms with E-state index < -0.39 is 5.91 Å². The molecule has 0 aromatic heterocycles. The van der Waals surface area contributed by atoms with Gasteiger partial charge in [-0.3, -0.25) is 4.79 Å². The van der Waals surface area contributed by atoms with Crippen molar-refractivity contribution in [2.24, 2.45) is 11.7 Å². The fraction of sp³-hybridized carbons (Fsp3) is 0.364. The lowest BCUT2D eigenvalue weighted by Gasteiger charge is -2.02. The minimum absolute atomic E-state index is 0.391. The van der Waals surface area contributed by atoms with Crippen molar-refractivity contribution >= 4 is 5.91 Å². The molecule has 0 aromatic carbocycles. The van der Waals surface area contributed by atoms with Crippen LogP contribution >= 0.6 is 0 Å². The Kier molecular flexibility index (Phi) is 4.82. The average molecular weight is 179 g/mol. The third-order valence-electron chi connectivity index (χ3n) is 1.81. The summed E-state index contributed by atoms with van der Waals surface area (Å²) in [6.45, 7) is 9.73. The zero-order valence-corrected chi connectivity index (χ0v) is 8.50. The first-order chi connectivity index (χ1) is 5.99. The van der Waals surface area contributed by atoms with Gasteiger partial charge in [0.05, 0.1) is 0 Å². The van der Waals surface area contributed by atoms with Gasteiger partial charge in [0.1, 0.15) is 0 Å². The summed E-state index contributed by atoms with van der Waals surface area (Å²) in [4.78, 5) is 10.8. The molecule has 0 aliphatic heterocycles. The molecular weight excluding hydrogens is 162 g/mol. The first-order valence-corrected chi connectivity index (χ1v) is 4.32. The minimum atomic E-state index is -0.407. The molecule has 0 spiro atoms. The van der Waals surface area contributed by atoms with E-state index in [2.05, 4.69) is 6.58 Å². The number of carbonyl (C=O) groups is 1. The van der Waals surface area contributed by atoms with Gasteiger partial charge in [-0.15, -0.1) is 0 Å². The highest BCUT2D eigenvalue weighted by Gasteiger charge is 1.99. The summed E-state index contributed by atoms with van der Waals surface area (Å²) in [6.07, 6.45) is 5.21. The van der Waals surface area contributed by atoms with Crippen molar-refractivity contribution in [3.05, 3.63) is 36.0 Å². The summed E-state index contributed by atoms with van der Waals surface area (Å²) < 4.78 is 0. The molecule has 0 radical (unpaired) electrons. The van der Waals surface area contributed by atoms with Crippen LogP contribution in [0.25, 0.3) is 0 Å². The molecule has 0 bridgehead atoms. The van der Waals surface area contributed by atoms with Gasteiger partial charge in [0.2, 0.25) is 5.91 Å². The predicted molar refractivity (Wildman–Crippen MR) is 56.1 cm³/mol. The standard InChI is InChI=1S/C11H17NO/c1-5-10(11(12)13)7-6-9(4)8(2)3/h5-8H,4H2,1-3H3,(H2,12,13)/b7-6-,10-5+. The Bertz CT molecular complexity index is 259. The van der Waals surface area contributed by atoms with Crippen LogP contribution in [0.15, 0.2) is 36.0 Å². The zero-order valence-electron chi connectivity index (χ0n) is 8.50. The molecule has 72 valence electrons. The first kappa shape index (κ1) is 11.7. The van der Waals surface area contributed by atoms with Gasteiger partial charge in [-0.05, 0) is 18.9 Å². The summed E-state index contributed by atoms with van der Waals surface area (Å²) in [5, 5.41) is 0. The van der Waals surface area contributed by atoms with Gasteiger partial charge >= 0.3 is 0 Å². The van der Waals surface area contributed by atoms with E-state index >= 15 is 0 Å². The van der Waals surface area contributed by atoms with E-state index in [0.717, 1.165) is 5.57 Å². The van der Waals surface area contributed by atoms with Crippen molar-refractivity contribution in [2.45, 2.75) is 20.8 Å². The van der Waals surface area contributed by atoms with E-state index in [1.807, 2.05) is 19.9 Å². The van der Waals surface area contributed by atoms with E-state index in [-0.39, 0.29) is 0 Å². The van der Waals surface area contributed by atoms with E-state index in [4.69, 9.17) is 5.73 Å². The molecular formula is C11H17NO. The highest BCUT2D eigenvalue weighted by atomic mass is 16.1. The van der Waals surface area contributed by atoms with Crippen LogP contribution in [0.4, 0.5) is 0 Å². The second-order valence-corrected chi connectivity index (χ2v) is 3.17. The number of hydrogen-bond acceptors (Lipinski definition) is 1. The smallest absolute Gasteiger partial charge is 0.248 e. The maximum Gasteiger partial charge on any atom is 0.248 e. The lowest BCUT2D eigenvalue weighted by molar-refractivity contribution is -0.114. The molecule has 0 atom stereocenters. The summed E-state index contributed by atoms with van der Waals surface area (Å²) in [6, 6.07) is 0. The topological polar surface area (TPSA) is 43.1 Å². The van der Waals surface area contributed by atoms with Gasteiger partial charge in [-0.1, -0.05) is 38.2 Å². The van der Waals surface area contributed by atoms with Gasteiger partial charge in [0.25, 0.3) is 0 Å². The Morgan fingerprint density at radius 3 is 2.23 bits per heavy atom. The highest BCUT2D eigenvalue weighted by molar-refractivity contribution is 5.94. The van der Waals surface area contributed by atoms with Crippen LogP contribution < -0.4 is 5.73 Å². The Morgan fingerprint density at radius 2 is 1.92 bits per heavy atom. The van der Waals surface area contributed by atoms with Crippen LogP contribution in [0.1, 0.15) is 20.8 Å². The van der Waals surface area contributed by atoms with Crippen molar-refractivity contribution < 1.29 is 4.79 Å². The lowest BCUT2D eigenvalue weighted by atomic mass is 10.0. The molecule has 1 amide bonds. The monoisotopic (exact) mass is 179 g/mol. The Balaban J connectivity index is 4.42. The maximum absolute atomic E-state index is 10.8. The van der Waals surface area contributed by atoms with Crippen LogP contribution in [-0.2, 0) is 4.79 Å². The number of carbonyl (C=O) groups excluding carboxylic acids is 1. The van der Waals surface area contributed by atoms with Gasteiger partial charge in [-0.25, -0.2) is 0 Å². The number of primary amides is 1. The Labute approximate surface area is 79.8 Å². The lowest BCUT2D eigenvalue weighted by Crippen LogP contribution is -2.12. The van der Waals surface area contributed by atoms with Crippen LogP contribution in [-0.4, -0.2) is 5.91 Å². The molecule has 0 aliphatic carbocycles. The van der Waals surface area contributed by atoms with Crippen molar-refractivity contribution in [3.8, 4) is 0 Å². The molecule has 2 heteroatoms. The molecule has 0 unspecified atom stereocenters. The molecule has 2 N–H and O–H groups in total. The van der Waals surface area contributed by atoms with Crippen molar-refractivity contribution in [1.29, 1.82) is 0 Å². The van der Waals surface area contributed by atoms with E-state index in [1.54, 1.807) is 19.1 Å². The summed E-state index contributed by atoms with van der Waals surface area (Å²) in [5.41, 5.74) is 6.62. The SMILES string of the molecule is C=C(/C=C\C(=C/C)C(N)=O)C(C)C. The zero-order chi connectivity index (χ0) is 10.4. The first-order valence-electron chi connectivity index (χ1n) is 4.32. The quantitative estimate of drug-likeness (QED) is 0.521. The van der Waals surface area contributed by atoms with Crippen molar-refractivity contribution in [1.82, 2.24) is 0 Å². The molecule has 0 fully saturated rings. The van der Waals surface area contributed by atoms with Crippen LogP contribution in [0.3, 0.4) is 0 Å². The third kappa shape index (κ3) is 4.31. The average Bonchev–Trinajstić information content (AvgIpc) is 2.04. The molecule has 0 saturated heterocycles. The van der Waals surface area contributed by atoms with Gasteiger partial charge < -0.3 is 5.73 Å².